The van der Waals surface area contributed by atoms with Gasteiger partial charge in [-0.05, 0) is 52.8 Å². The summed E-state index contributed by atoms with van der Waals surface area (Å²) in [6, 6.07) is 16.3. The fourth-order valence-electron chi connectivity index (χ4n) is 3.03. The van der Waals surface area contributed by atoms with E-state index in [1.807, 2.05) is 76.0 Å². The summed E-state index contributed by atoms with van der Waals surface area (Å²) >= 11 is 7.59. The Balaban J connectivity index is 0.000000783. The van der Waals surface area contributed by atoms with Crippen molar-refractivity contribution in [2.75, 3.05) is 18.1 Å². The number of hydrogen-bond donors (Lipinski definition) is 2. The van der Waals surface area contributed by atoms with Crippen LogP contribution < -0.4 is 10.6 Å². The maximum atomic E-state index is 12.2. The number of halogens is 1. The Morgan fingerprint density at radius 1 is 1.06 bits per heavy atom. The van der Waals surface area contributed by atoms with E-state index in [9.17, 15) is 4.79 Å². The molecule has 2 aromatic rings. The number of anilines is 1. The van der Waals surface area contributed by atoms with E-state index in [1.165, 1.54) is 10.5 Å². The van der Waals surface area contributed by atoms with E-state index >= 15 is 0 Å². The summed E-state index contributed by atoms with van der Waals surface area (Å²) in [5.41, 5.74) is 3.27. The Morgan fingerprint density at radius 3 is 2.08 bits per heavy atom. The predicted molar refractivity (Wildman–Crippen MR) is 163 cm³/mol. The molecule has 0 saturated heterocycles. The number of amidine groups is 1. The molecule has 0 spiro atoms. The Labute approximate surface area is 229 Å². The molecule has 3 rings (SSSR count). The van der Waals surface area contributed by atoms with Crippen LogP contribution in [-0.4, -0.2) is 29.9 Å². The zero-order chi connectivity index (χ0) is 27.6. The van der Waals surface area contributed by atoms with E-state index in [-0.39, 0.29) is 16.7 Å². The Kier molecular flexibility index (Phi) is 17.8. The van der Waals surface area contributed by atoms with E-state index in [4.69, 9.17) is 11.6 Å². The van der Waals surface area contributed by atoms with E-state index in [1.54, 1.807) is 7.05 Å². The quantitative estimate of drug-likeness (QED) is 0.300. The molecule has 6 heteroatoms. The van der Waals surface area contributed by atoms with Crippen LogP contribution in [0.25, 0.3) is 0 Å². The lowest BCUT2D eigenvalue weighted by Crippen LogP contribution is -2.24. The first-order valence-corrected chi connectivity index (χ1v) is 14.3. The first-order chi connectivity index (χ1) is 17.2. The number of carbonyl (C=O) groups excluding carboxylic acids is 1. The fraction of sp³-hybridized carbons (Fsp3) is 0.467. The first kappa shape index (κ1) is 33.8. The number of benzene rings is 2. The number of nitrogens with zero attached hydrogens (tertiary/aromatic N) is 1. The van der Waals surface area contributed by atoms with Crippen molar-refractivity contribution in [2.45, 2.75) is 83.9 Å². The number of amides is 1. The highest BCUT2D eigenvalue weighted by Crippen LogP contribution is 2.23. The fourth-order valence-corrected chi connectivity index (χ4v) is 3.91. The lowest BCUT2D eigenvalue weighted by atomic mass is 9.87. The van der Waals surface area contributed by atoms with Crippen LogP contribution in [0.4, 0.5) is 5.69 Å². The van der Waals surface area contributed by atoms with Gasteiger partial charge in [0.15, 0.2) is 0 Å². The Morgan fingerprint density at radius 2 is 1.64 bits per heavy atom. The molecule has 0 radical (unpaired) electrons. The SMILES string of the molecule is CC.CC.CCSc1ccc(CC(=O)Nc2ccc(C(C)(C)C)cc2)cc1.CN=C1CC(Cl)C=CN1. The van der Waals surface area contributed by atoms with Crippen molar-refractivity contribution in [1.29, 1.82) is 0 Å². The lowest BCUT2D eigenvalue weighted by Gasteiger charge is -2.19. The van der Waals surface area contributed by atoms with Crippen LogP contribution in [0.3, 0.4) is 0 Å². The molecule has 1 atom stereocenters. The lowest BCUT2D eigenvalue weighted by molar-refractivity contribution is -0.115. The van der Waals surface area contributed by atoms with Crippen LogP contribution in [0, 0.1) is 0 Å². The third-order valence-corrected chi connectivity index (χ3v) is 6.04. The molecule has 0 fully saturated rings. The van der Waals surface area contributed by atoms with Crippen LogP contribution in [0.1, 0.15) is 72.9 Å². The summed E-state index contributed by atoms with van der Waals surface area (Å²) in [5.74, 6) is 2.03. The molecule has 200 valence electrons. The highest BCUT2D eigenvalue weighted by atomic mass is 35.5. The highest BCUT2D eigenvalue weighted by molar-refractivity contribution is 7.99. The molecule has 0 bridgehead atoms. The first-order valence-electron chi connectivity index (χ1n) is 12.9. The zero-order valence-corrected chi connectivity index (χ0v) is 25.2. The molecular formula is C30H46ClN3OS. The summed E-state index contributed by atoms with van der Waals surface area (Å²) in [4.78, 5) is 17.4. The maximum absolute atomic E-state index is 12.2. The van der Waals surface area contributed by atoms with Crippen molar-refractivity contribution in [3.63, 3.8) is 0 Å². The van der Waals surface area contributed by atoms with Crippen LogP contribution in [0.2, 0.25) is 0 Å². The molecule has 1 aliphatic heterocycles. The monoisotopic (exact) mass is 531 g/mol. The number of thioether (sulfide) groups is 1. The molecular weight excluding hydrogens is 486 g/mol. The van der Waals surface area contributed by atoms with Crippen molar-refractivity contribution >= 4 is 40.8 Å². The van der Waals surface area contributed by atoms with E-state index in [2.05, 4.69) is 67.6 Å². The number of hydrogen-bond acceptors (Lipinski definition) is 3. The van der Waals surface area contributed by atoms with Crippen molar-refractivity contribution in [2.24, 2.45) is 4.99 Å². The van der Waals surface area contributed by atoms with Gasteiger partial charge in [-0.3, -0.25) is 9.79 Å². The second kappa shape index (κ2) is 18.9. The minimum Gasteiger partial charge on any atom is -0.351 e. The number of alkyl halides is 1. The molecule has 0 aliphatic carbocycles. The van der Waals surface area contributed by atoms with Gasteiger partial charge < -0.3 is 10.6 Å². The summed E-state index contributed by atoms with van der Waals surface area (Å²) in [6.45, 7) is 16.7. The normalized spacial score (nSPS) is 15.2. The van der Waals surface area contributed by atoms with Gasteiger partial charge >= 0.3 is 0 Å². The summed E-state index contributed by atoms with van der Waals surface area (Å²) in [7, 11) is 1.76. The number of rotatable bonds is 5. The molecule has 1 aliphatic rings. The maximum Gasteiger partial charge on any atom is 0.228 e. The van der Waals surface area contributed by atoms with Crippen LogP contribution in [0.15, 0.2) is 70.7 Å². The topological polar surface area (TPSA) is 53.5 Å². The third kappa shape index (κ3) is 13.7. The second-order valence-corrected chi connectivity index (χ2v) is 10.4. The number of carbonyl (C=O) groups is 1. The van der Waals surface area contributed by atoms with Crippen LogP contribution in [-0.2, 0) is 16.6 Å². The molecule has 0 saturated carbocycles. The van der Waals surface area contributed by atoms with Gasteiger partial charge in [-0.1, -0.05) is 85.7 Å². The largest absolute Gasteiger partial charge is 0.351 e. The second-order valence-electron chi connectivity index (χ2n) is 8.52. The standard InChI is InChI=1S/C20H25NOS.C6H9ClN2.2C2H6/c1-5-23-18-12-6-15(7-13-18)14-19(22)21-17-10-8-16(9-11-17)20(2,3)4;1-8-6-4-5(7)2-3-9-6;2*1-2/h6-13H,5,14H2,1-4H3,(H,21,22);2-3,5H,4H2,1H3,(H,8,9);2*1-2H3. The predicted octanol–water partition coefficient (Wildman–Crippen LogP) is 8.46. The minimum absolute atomic E-state index is 0.0180. The van der Waals surface area contributed by atoms with Gasteiger partial charge in [-0.15, -0.1) is 23.4 Å². The average molecular weight is 532 g/mol. The van der Waals surface area contributed by atoms with Crippen molar-refractivity contribution in [3.05, 3.63) is 71.9 Å². The van der Waals surface area contributed by atoms with Crippen molar-refractivity contribution in [3.8, 4) is 0 Å². The highest BCUT2D eigenvalue weighted by Gasteiger charge is 2.13. The molecule has 36 heavy (non-hydrogen) atoms. The van der Waals surface area contributed by atoms with Gasteiger partial charge in [-0.2, -0.15) is 0 Å². The Hall–Kier alpha value is -2.24. The zero-order valence-electron chi connectivity index (χ0n) is 23.6. The van der Waals surface area contributed by atoms with Gasteiger partial charge in [0.1, 0.15) is 5.84 Å². The summed E-state index contributed by atoms with van der Waals surface area (Å²) in [5, 5.41) is 6.06. The Bertz CT molecular complexity index is 917. The number of aliphatic imine (C=N–C) groups is 1. The van der Waals surface area contributed by atoms with Gasteiger partial charge in [0.05, 0.1) is 11.8 Å². The molecule has 0 aromatic heterocycles. The molecule has 1 amide bonds. The van der Waals surface area contributed by atoms with Crippen molar-refractivity contribution in [1.82, 2.24) is 5.32 Å². The smallest absolute Gasteiger partial charge is 0.228 e. The van der Waals surface area contributed by atoms with Gasteiger partial charge in [0.25, 0.3) is 0 Å². The van der Waals surface area contributed by atoms with Gasteiger partial charge in [0, 0.05) is 24.1 Å². The number of allylic oxidation sites excluding steroid dienone is 1. The van der Waals surface area contributed by atoms with Gasteiger partial charge in [0.2, 0.25) is 5.91 Å². The third-order valence-electron chi connectivity index (χ3n) is 4.85. The van der Waals surface area contributed by atoms with E-state index < -0.39 is 0 Å². The van der Waals surface area contributed by atoms with Crippen LogP contribution >= 0.6 is 23.4 Å². The molecule has 1 unspecified atom stereocenters. The molecule has 2 aromatic carbocycles. The molecule has 1 heterocycles. The number of nitrogens with one attached hydrogen (secondary N) is 2. The average Bonchev–Trinajstić information content (AvgIpc) is 2.88. The summed E-state index contributed by atoms with van der Waals surface area (Å²) < 4.78 is 0. The van der Waals surface area contributed by atoms with Crippen molar-refractivity contribution < 1.29 is 4.79 Å². The summed E-state index contributed by atoms with van der Waals surface area (Å²) in [6.07, 6.45) is 4.95. The van der Waals surface area contributed by atoms with E-state index in [0.717, 1.165) is 29.3 Å². The van der Waals surface area contributed by atoms with Gasteiger partial charge in [-0.25, -0.2) is 0 Å². The molecule has 4 nitrogen and oxygen atoms in total. The van der Waals surface area contributed by atoms with E-state index in [0.29, 0.717) is 6.42 Å². The molecule has 2 N–H and O–H groups in total. The minimum atomic E-state index is 0.0180. The van der Waals surface area contributed by atoms with Crippen LogP contribution in [0.5, 0.6) is 0 Å².